The molecule has 0 aliphatic heterocycles. The van der Waals surface area contributed by atoms with E-state index < -0.39 is 0 Å². The quantitative estimate of drug-likeness (QED) is 0.191. The first-order chi connectivity index (χ1) is 25.3. The molecule has 0 fully saturated rings. The van der Waals surface area contributed by atoms with Gasteiger partial charge in [0.05, 0.1) is 27.6 Å². The molecule has 0 N–H and O–H groups in total. The van der Waals surface area contributed by atoms with E-state index in [1.807, 2.05) is 36.4 Å². The van der Waals surface area contributed by atoms with Crippen molar-refractivity contribution < 1.29 is 4.42 Å². The van der Waals surface area contributed by atoms with E-state index in [0.717, 1.165) is 55.4 Å². The summed E-state index contributed by atoms with van der Waals surface area (Å²) in [6.07, 6.45) is 0. The Kier molecular flexibility index (Phi) is 5.17. The van der Waals surface area contributed by atoms with Crippen molar-refractivity contribution in [2.45, 2.75) is 0 Å². The van der Waals surface area contributed by atoms with Crippen LogP contribution >= 0.6 is 0 Å². The third-order valence-corrected chi connectivity index (χ3v) is 10.7. The second-order valence-corrected chi connectivity index (χ2v) is 13.4. The number of aromatic nitrogens is 4. The number of para-hydroxylation sites is 4. The maximum absolute atomic E-state index is 6.49. The number of benzene rings is 7. The van der Waals surface area contributed by atoms with Gasteiger partial charge in [0, 0.05) is 54.5 Å². The first-order valence-corrected chi connectivity index (χ1v) is 17.3. The molecular weight excluding hydrogens is 625 g/mol. The van der Waals surface area contributed by atoms with E-state index in [-0.39, 0.29) is 0 Å². The molecule has 236 valence electrons. The molecule has 0 amide bonds. The minimum Gasteiger partial charge on any atom is -0.452 e. The van der Waals surface area contributed by atoms with Crippen LogP contribution in [-0.4, -0.2) is 18.9 Å². The zero-order valence-corrected chi connectivity index (χ0v) is 27.2. The van der Waals surface area contributed by atoms with Gasteiger partial charge in [-0.15, -0.1) is 0 Å². The van der Waals surface area contributed by atoms with Crippen molar-refractivity contribution in [1.29, 1.82) is 0 Å². The molecule has 5 heteroatoms. The lowest BCUT2D eigenvalue weighted by Crippen LogP contribution is -1.95. The van der Waals surface area contributed by atoms with Crippen molar-refractivity contribution in [2.75, 3.05) is 0 Å². The summed E-state index contributed by atoms with van der Waals surface area (Å²) in [5.74, 6) is 0.679. The van der Waals surface area contributed by atoms with Crippen LogP contribution in [0.3, 0.4) is 0 Å². The van der Waals surface area contributed by atoms with Crippen LogP contribution in [0.15, 0.2) is 162 Å². The maximum atomic E-state index is 6.49. The molecule has 0 aliphatic carbocycles. The van der Waals surface area contributed by atoms with Gasteiger partial charge in [-0.2, -0.15) is 0 Å². The third kappa shape index (κ3) is 3.59. The molecule has 5 heterocycles. The van der Waals surface area contributed by atoms with Gasteiger partial charge < -0.3 is 13.4 Å². The van der Waals surface area contributed by atoms with Crippen LogP contribution in [0.1, 0.15) is 0 Å². The zero-order chi connectivity index (χ0) is 33.2. The number of furan rings is 1. The predicted molar refractivity (Wildman–Crippen MR) is 209 cm³/mol. The normalized spacial score (nSPS) is 12.3. The zero-order valence-electron chi connectivity index (χ0n) is 27.2. The van der Waals surface area contributed by atoms with Crippen LogP contribution in [0.4, 0.5) is 0 Å². The third-order valence-electron chi connectivity index (χ3n) is 10.7. The highest BCUT2D eigenvalue weighted by Crippen LogP contribution is 2.42. The van der Waals surface area contributed by atoms with Crippen LogP contribution in [0.25, 0.3) is 110 Å². The van der Waals surface area contributed by atoms with E-state index in [0.29, 0.717) is 11.4 Å². The minimum atomic E-state index is 0.679. The van der Waals surface area contributed by atoms with Gasteiger partial charge >= 0.3 is 0 Å². The van der Waals surface area contributed by atoms with Gasteiger partial charge in [-0.25, -0.2) is 9.97 Å². The van der Waals surface area contributed by atoms with Gasteiger partial charge in [-0.1, -0.05) is 109 Å². The number of rotatable bonds is 3. The molecule has 0 saturated heterocycles. The molecule has 5 aromatic heterocycles. The summed E-state index contributed by atoms with van der Waals surface area (Å²) < 4.78 is 11.3. The largest absolute Gasteiger partial charge is 0.452 e. The first-order valence-electron chi connectivity index (χ1n) is 17.3. The summed E-state index contributed by atoms with van der Waals surface area (Å²) in [5, 5.41) is 8.46. The van der Waals surface area contributed by atoms with Crippen LogP contribution < -0.4 is 0 Å². The fourth-order valence-electron chi connectivity index (χ4n) is 8.46. The van der Waals surface area contributed by atoms with Gasteiger partial charge in [-0.05, 0) is 48.5 Å². The second kappa shape index (κ2) is 9.80. The lowest BCUT2D eigenvalue weighted by atomic mass is 10.1. The molecule has 0 radical (unpaired) electrons. The molecule has 0 saturated carbocycles. The highest BCUT2D eigenvalue weighted by molar-refractivity contribution is 6.23. The first kappa shape index (κ1) is 26.9. The van der Waals surface area contributed by atoms with Crippen molar-refractivity contribution in [3.63, 3.8) is 0 Å². The van der Waals surface area contributed by atoms with Crippen LogP contribution in [0.5, 0.6) is 0 Å². The van der Waals surface area contributed by atoms with Crippen molar-refractivity contribution in [1.82, 2.24) is 18.9 Å². The number of hydrogen-bond donors (Lipinski definition) is 0. The van der Waals surface area contributed by atoms with E-state index in [1.165, 1.54) is 43.5 Å². The van der Waals surface area contributed by atoms with Crippen molar-refractivity contribution in [3.05, 3.63) is 158 Å². The average Bonchev–Trinajstić information content (AvgIpc) is 3.93. The van der Waals surface area contributed by atoms with E-state index >= 15 is 0 Å². The van der Waals surface area contributed by atoms with Gasteiger partial charge in [0.2, 0.25) is 0 Å². The predicted octanol–water partition coefficient (Wildman–Crippen LogP) is 12.0. The number of nitrogens with zero attached hydrogens (tertiary/aromatic N) is 4. The van der Waals surface area contributed by atoms with E-state index in [2.05, 4.69) is 130 Å². The Bertz CT molecular complexity index is 3370. The molecule has 5 nitrogen and oxygen atoms in total. The monoisotopic (exact) mass is 650 g/mol. The van der Waals surface area contributed by atoms with Crippen LogP contribution in [0, 0.1) is 0 Å². The fraction of sp³-hybridized carbons (Fsp3) is 0. The summed E-state index contributed by atoms with van der Waals surface area (Å²) in [6.45, 7) is 0. The van der Waals surface area contributed by atoms with Gasteiger partial charge in [-0.3, -0.25) is 0 Å². The second-order valence-electron chi connectivity index (χ2n) is 13.4. The molecule has 0 atom stereocenters. The average molecular weight is 651 g/mol. The Morgan fingerprint density at radius 3 is 1.94 bits per heavy atom. The topological polar surface area (TPSA) is 48.3 Å². The molecule has 0 aliphatic rings. The molecule has 12 aromatic rings. The Hall–Kier alpha value is -6.98. The standard InChI is InChI=1S/C46H26N4O/c1-2-11-27(12-3-1)46-47-42(45-43(48-46)35-15-6-9-20-41(35)51-45)28-21-24-39-36(25-28)31-14-5-7-18-37(31)49(39)29-22-23-32-34-17-10-16-33-30-13-4-8-19-38(30)50(44(33)34)40(32)26-29/h1-26H. The van der Waals surface area contributed by atoms with Crippen molar-refractivity contribution in [2.24, 2.45) is 0 Å². The highest BCUT2D eigenvalue weighted by atomic mass is 16.3. The van der Waals surface area contributed by atoms with E-state index in [1.54, 1.807) is 0 Å². The van der Waals surface area contributed by atoms with Crippen LogP contribution in [-0.2, 0) is 0 Å². The van der Waals surface area contributed by atoms with Crippen LogP contribution in [0.2, 0.25) is 0 Å². The Morgan fingerprint density at radius 1 is 0.431 bits per heavy atom. The van der Waals surface area contributed by atoms with E-state index in [9.17, 15) is 0 Å². The summed E-state index contributed by atoms with van der Waals surface area (Å²) in [6, 6.07) is 55.9. The lowest BCUT2D eigenvalue weighted by Gasteiger charge is -2.10. The summed E-state index contributed by atoms with van der Waals surface area (Å²) in [4.78, 5) is 10.2. The van der Waals surface area contributed by atoms with Gasteiger partial charge in [0.15, 0.2) is 11.4 Å². The van der Waals surface area contributed by atoms with Gasteiger partial charge in [0.25, 0.3) is 0 Å². The lowest BCUT2D eigenvalue weighted by molar-refractivity contribution is 0.667. The molecule has 7 aromatic carbocycles. The van der Waals surface area contributed by atoms with Gasteiger partial charge in [0.1, 0.15) is 16.8 Å². The molecule has 12 rings (SSSR count). The Morgan fingerprint density at radius 2 is 1.10 bits per heavy atom. The maximum Gasteiger partial charge on any atom is 0.180 e. The summed E-state index contributed by atoms with van der Waals surface area (Å²) in [5.41, 5.74) is 12.2. The summed E-state index contributed by atoms with van der Waals surface area (Å²) in [7, 11) is 0. The molecule has 51 heavy (non-hydrogen) atoms. The Balaban J connectivity index is 1.12. The SMILES string of the molecule is c1ccc(-c2nc(-c3ccc4c(c3)c3ccccc3n4-c3ccc4c5cccc6c7ccccc7n(c4c3)c65)c3oc4ccccc4c3n2)cc1. The molecule has 0 spiro atoms. The fourth-order valence-corrected chi connectivity index (χ4v) is 8.46. The van der Waals surface area contributed by atoms with Crippen molar-refractivity contribution >= 4 is 82.0 Å². The minimum absolute atomic E-state index is 0.679. The summed E-state index contributed by atoms with van der Waals surface area (Å²) >= 11 is 0. The Labute approximate surface area is 290 Å². The molecular formula is C46H26N4O. The molecule has 0 unspecified atom stereocenters. The highest BCUT2D eigenvalue weighted by Gasteiger charge is 2.21. The molecule has 0 bridgehead atoms. The number of hydrogen-bond acceptors (Lipinski definition) is 3. The number of fused-ring (bicyclic) bond motifs is 12. The van der Waals surface area contributed by atoms with Crippen molar-refractivity contribution in [3.8, 4) is 28.3 Å². The smallest absolute Gasteiger partial charge is 0.180 e. The van der Waals surface area contributed by atoms with E-state index in [4.69, 9.17) is 14.4 Å².